The van der Waals surface area contributed by atoms with Gasteiger partial charge in [0.1, 0.15) is 6.34 Å². The maximum Gasteiger partial charge on any atom is 0.418 e. The molecule has 5 nitrogen and oxygen atoms in total. The Balaban J connectivity index is 1.81. The van der Waals surface area contributed by atoms with Gasteiger partial charge >= 0.3 is 6.18 Å². The molecule has 0 atom stereocenters. The number of para-hydroxylation sites is 1. The fourth-order valence-corrected chi connectivity index (χ4v) is 4.09. The second kappa shape index (κ2) is 7.37. The minimum Gasteiger partial charge on any atom is -0.493 e. The van der Waals surface area contributed by atoms with Crippen LogP contribution in [0.1, 0.15) is 10.4 Å². The maximum absolute atomic E-state index is 13.4. The summed E-state index contributed by atoms with van der Waals surface area (Å²) in [7, 11) is 0. The van der Waals surface area contributed by atoms with Crippen molar-refractivity contribution >= 4 is 41.8 Å². The SMILES string of the molecule is Oc1c(C=c2ccc(=C3N=CN=N3)cc2)sc(=S)n1-c1ccccc1C(F)(F)F. The van der Waals surface area contributed by atoms with E-state index in [9.17, 15) is 18.3 Å². The number of aromatic hydroxyl groups is 1. The van der Waals surface area contributed by atoms with Gasteiger partial charge in [-0.25, -0.2) is 4.99 Å². The van der Waals surface area contributed by atoms with Gasteiger partial charge in [0.15, 0.2) is 9.78 Å². The summed E-state index contributed by atoms with van der Waals surface area (Å²) in [5.41, 5.74) is -1.09. The van der Waals surface area contributed by atoms with Gasteiger partial charge in [0.2, 0.25) is 5.88 Å². The molecule has 4 rings (SSSR count). The summed E-state index contributed by atoms with van der Waals surface area (Å²) in [6, 6.07) is 12.1. The van der Waals surface area contributed by atoms with E-state index in [4.69, 9.17) is 12.2 Å². The fourth-order valence-electron chi connectivity index (χ4n) is 2.80. The summed E-state index contributed by atoms with van der Waals surface area (Å²) in [6.07, 6.45) is -1.57. The van der Waals surface area contributed by atoms with Crippen molar-refractivity contribution in [2.24, 2.45) is 15.2 Å². The van der Waals surface area contributed by atoms with Gasteiger partial charge < -0.3 is 5.11 Å². The van der Waals surface area contributed by atoms with Gasteiger partial charge in [0.05, 0.1) is 16.1 Å². The Hall–Kier alpha value is -3.11. The fraction of sp³-hybridized carbons (Fsp3) is 0.0526. The van der Waals surface area contributed by atoms with E-state index in [1.54, 1.807) is 30.3 Å². The Bertz CT molecular complexity index is 1300. The minimum atomic E-state index is -4.57. The van der Waals surface area contributed by atoms with Crippen LogP contribution in [0.4, 0.5) is 13.2 Å². The molecule has 0 saturated carbocycles. The predicted octanol–water partition coefficient (Wildman–Crippen LogP) is 4.38. The lowest BCUT2D eigenvalue weighted by Crippen LogP contribution is -2.10. The van der Waals surface area contributed by atoms with Gasteiger partial charge in [-0.15, -0.1) is 21.6 Å². The first-order valence-electron chi connectivity index (χ1n) is 8.21. The first-order valence-corrected chi connectivity index (χ1v) is 9.44. The smallest absolute Gasteiger partial charge is 0.418 e. The average molecular weight is 432 g/mol. The number of aromatic nitrogens is 1. The van der Waals surface area contributed by atoms with Crippen molar-refractivity contribution in [3.8, 4) is 11.6 Å². The van der Waals surface area contributed by atoms with E-state index in [0.29, 0.717) is 10.7 Å². The number of azo groups is 1. The molecule has 1 N–H and O–H groups in total. The van der Waals surface area contributed by atoms with Gasteiger partial charge in [-0.05, 0) is 35.6 Å². The van der Waals surface area contributed by atoms with Crippen molar-refractivity contribution in [3.63, 3.8) is 0 Å². The summed E-state index contributed by atoms with van der Waals surface area (Å²) in [5.74, 6) is 0.148. The molecule has 146 valence electrons. The zero-order valence-electron chi connectivity index (χ0n) is 14.5. The normalized spacial score (nSPS) is 13.3. The molecule has 10 heteroatoms. The van der Waals surface area contributed by atoms with Gasteiger partial charge in [-0.3, -0.25) is 4.57 Å². The van der Waals surface area contributed by atoms with E-state index >= 15 is 0 Å². The number of halogens is 3. The third-order valence-electron chi connectivity index (χ3n) is 4.11. The summed E-state index contributed by atoms with van der Waals surface area (Å²) < 4.78 is 41.2. The largest absolute Gasteiger partial charge is 0.493 e. The third-order valence-corrected chi connectivity index (χ3v) is 5.42. The third kappa shape index (κ3) is 3.76. The lowest BCUT2D eigenvalue weighted by Gasteiger charge is -2.13. The molecule has 2 heterocycles. The van der Waals surface area contributed by atoms with E-state index in [-0.39, 0.29) is 15.5 Å². The van der Waals surface area contributed by atoms with Crippen LogP contribution in [0.25, 0.3) is 17.6 Å². The molecular formula is C19H11F3N4OS2. The molecule has 1 aromatic heterocycles. The Morgan fingerprint density at radius 3 is 2.45 bits per heavy atom. The van der Waals surface area contributed by atoms with E-state index in [2.05, 4.69) is 15.2 Å². The van der Waals surface area contributed by atoms with Crippen LogP contribution in [0.5, 0.6) is 5.88 Å². The molecule has 0 radical (unpaired) electrons. The van der Waals surface area contributed by atoms with Gasteiger partial charge in [-0.1, -0.05) is 36.4 Å². The van der Waals surface area contributed by atoms with Crippen molar-refractivity contribution in [3.05, 3.63) is 73.4 Å². The zero-order chi connectivity index (χ0) is 20.6. The first-order chi connectivity index (χ1) is 13.8. The number of hydrogen-bond donors (Lipinski definition) is 1. The van der Waals surface area contributed by atoms with Crippen LogP contribution < -0.4 is 10.4 Å². The van der Waals surface area contributed by atoms with Gasteiger partial charge in [0, 0.05) is 5.22 Å². The molecule has 0 bridgehead atoms. The summed E-state index contributed by atoms with van der Waals surface area (Å²) in [4.78, 5) is 4.36. The van der Waals surface area contributed by atoms with Gasteiger partial charge in [-0.2, -0.15) is 13.2 Å². The highest BCUT2D eigenvalue weighted by atomic mass is 32.1. The monoisotopic (exact) mass is 432 g/mol. The lowest BCUT2D eigenvalue weighted by atomic mass is 10.1. The standard InChI is InChI=1S/C19H11F3N4OS2/c20-19(21,22)13-3-1-2-4-14(13)26-17(27)15(29-18(26)28)9-11-5-7-12(8-6-11)16-23-10-24-25-16/h1-10,27H. The summed E-state index contributed by atoms with van der Waals surface area (Å²) in [6.45, 7) is 0. The van der Waals surface area contributed by atoms with E-state index in [0.717, 1.165) is 32.4 Å². The lowest BCUT2D eigenvalue weighted by molar-refractivity contribution is -0.137. The molecule has 2 aromatic carbocycles. The molecule has 0 aliphatic carbocycles. The van der Waals surface area contributed by atoms with Crippen LogP contribution in [0.3, 0.4) is 0 Å². The topological polar surface area (TPSA) is 62.2 Å². The van der Waals surface area contributed by atoms with Crippen LogP contribution in [-0.2, 0) is 6.18 Å². The second-order valence-corrected chi connectivity index (χ2v) is 7.63. The van der Waals surface area contributed by atoms with Crippen molar-refractivity contribution < 1.29 is 18.3 Å². The molecule has 0 fully saturated rings. The van der Waals surface area contributed by atoms with Gasteiger partial charge in [0.25, 0.3) is 0 Å². The summed E-state index contributed by atoms with van der Waals surface area (Å²) in [5, 5.41) is 19.6. The molecule has 0 spiro atoms. The molecule has 0 unspecified atom stereocenters. The summed E-state index contributed by atoms with van der Waals surface area (Å²) >= 11 is 6.25. The molecule has 29 heavy (non-hydrogen) atoms. The maximum atomic E-state index is 13.4. The molecule has 1 aliphatic rings. The molecular weight excluding hydrogens is 421 g/mol. The highest BCUT2D eigenvalue weighted by Crippen LogP contribution is 2.37. The van der Waals surface area contributed by atoms with Crippen LogP contribution in [0.2, 0.25) is 0 Å². The predicted molar refractivity (Wildman–Crippen MR) is 107 cm³/mol. The number of thiazole rings is 1. The van der Waals surface area contributed by atoms with E-state index in [1.165, 1.54) is 24.5 Å². The quantitative estimate of drug-likeness (QED) is 0.611. The number of hydrogen-bond acceptors (Lipinski definition) is 6. The van der Waals surface area contributed by atoms with E-state index in [1.807, 2.05) is 0 Å². The highest BCUT2D eigenvalue weighted by molar-refractivity contribution is 7.73. The number of nitrogens with zero attached hydrogens (tertiary/aromatic N) is 4. The zero-order valence-corrected chi connectivity index (χ0v) is 16.1. The average Bonchev–Trinajstić information content (AvgIpc) is 3.31. The van der Waals surface area contributed by atoms with Crippen molar-refractivity contribution in [2.45, 2.75) is 6.18 Å². The number of benzene rings is 2. The molecule has 0 amide bonds. The second-order valence-electron chi connectivity index (χ2n) is 5.96. The number of rotatable bonds is 2. The van der Waals surface area contributed by atoms with Crippen LogP contribution in [0, 0.1) is 3.95 Å². The molecule has 3 aromatic rings. The van der Waals surface area contributed by atoms with Crippen molar-refractivity contribution in [1.82, 2.24) is 4.57 Å². The molecule has 0 saturated heterocycles. The Kier molecular flexibility index (Phi) is 4.89. The Morgan fingerprint density at radius 1 is 1.07 bits per heavy atom. The Morgan fingerprint density at radius 2 is 1.79 bits per heavy atom. The van der Waals surface area contributed by atoms with Crippen LogP contribution >= 0.6 is 23.6 Å². The number of aliphatic imine (C=N–C) groups is 1. The minimum absolute atomic E-state index is 0.110. The number of alkyl halides is 3. The van der Waals surface area contributed by atoms with E-state index < -0.39 is 11.7 Å². The van der Waals surface area contributed by atoms with Crippen molar-refractivity contribution in [2.75, 3.05) is 0 Å². The molecule has 1 aliphatic heterocycles. The van der Waals surface area contributed by atoms with Crippen LogP contribution in [0.15, 0.2) is 63.8 Å². The highest BCUT2D eigenvalue weighted by Gasteiger charge is 2.34. The van der Waals surface area contributed by atoms with Crippen LogP contribution in [-0.4, -0.2) is 16.0 Å². The Labute approximate surface area is 171 Å². The first kappa shape index (κ1) is 19.2. The van der Waals surface area contributed by atoms with Crippen molar-refractivity contribution in [1.29, 1.82) is 0 Å².